The van der Waals surface area contributed by atoms with Crippen molar-refractivity contribution in [3.63, 3.8) is 0 Å². The van der Waals surface area contributed by atoms with Crippen LogP contribution in [0.2, 0.25) is 0 Å². The zero-order valence-corrected chi connectivity index (χ0v) is 10.2. The molecule has 0 bridgehead atoms. The number of nitrogens with zero attached hydrogens (tertiary/aromatic N) is 1. The first-order valence-electron chi connectivity index (χ1n) is 5.86. The van der Waals surface area contributed by atoms with Crippen LogP contribution in [0.5, 0.6) is 5.75 Å². The van der Waals surface area contributed by atoms with Crippen LogP contribution < -0.4 is 10.5 Å². The van der Waals surface area contributed by atoms with Crippen molar-refractivity contribution < 1.29 is 9.53 Å². The van der Waals surface area contributed by atoms with E-state index in [2.05, 4.69) is 0 Å². The number of likely N-dealkylation sites (tertiary alicyclic amines) is 1. The Balaban J connectivity index is 2.27. The van der Waals surface area contributed by atoms with Gasteiger partial charge < -0.3 is 15.4 Å². The summed E-state index contributed by atoms with van der Waals surface area (Å²) in [5.41, 5.74) is 7.12. The van der Waals surface area contributed by atoms with Crippen molar-refractivity contribution in [1.82, 2.24) is 4.90 Å². The second kappa shape index (κ2) is 4.75. The number of hydrogen-bond acceptors (Lipinski definition) is 3. The third-order valence-electron chi connectivity index (χ3n) is 3.27. The first-order valence-corrected chi connectivity index (χ1v) is 5.86. The Morgan fingerprint density at radius 2 is 2.06 bits per heavy atom. The molecule has 2 unspecified atom stereocenters. The second-order valence-electron chi connectivity index (χ2n) is 4.27. The minimum absolute atomic E-state index is 0.00148. The van der Waals surface area contributed by atoms with E-state index in [1.165, 1.54) is 0 Å². The number of methoxy groups -OCH3 is 1. The highest BCUT2D eigenvalue weighted by molar-refractivity contribution is 5.80. The van der Waals surface area contributed by atoms with Crippen LogP contribution in [-0.4, -0.2) is 30.5 Å². The molecule has 1 amide bonds. The van der Waals surface area contributed by atoms with Gasteiger partial charge in [0, 0.05) is 19.0 Å². The molecular weight excluding hydrogens is 216 g/mol. The number of likely N-dealkylation sites (N-methyl/N-ethyl adjacent to an activating group) is 1. The van der Waals surface area contributed by atoms with E-state index in [1.807, 2.05) is 36.1 Å². The Kier molecular flexibility index (Phi) is 3.33. The van der Waals surface area contributed by atoms with Crippen LogP contribution in [-0.2, 0) is 4.79 Å². The van der Waals surface area contributed by atoms with Gasteiger partial charge in [-0.3, -0.25) is 4.79 Å². The zero-order chi connectivity index (χ0) is 12.4. The largest absolute Gasteiger partial charge is 0.497 e. The third kappa shape index (κ3) is 2.13. The number of carbonyl (C=O) groups is 1. The molecule has 0 aliphatic carbocycles. The Morgan fingerprint density at radius 3 is 2.59 bits per heavy atom. The molecule has 0 radical (unpaired) electrons. The molecule has 0 spiro atoms. The van der Waals surface area contributed by atoms with Gasteiger partial charge in [-0.1, -0.05) is 12.1 Å². The minimum Gasteiger partial charge on any atom is -0.497 e. The van der Waals surface area contributed by atoms with Crippen LogP contribution in [0.4, 0.5) is 0 Å². The fraction of sp³-hybridized carbons (Fsp3) is 0.462. The van der Waals surface area contributed by atoms with Crippen LogP contribution in [0, 0.1) is 0 Å². The Labute approximate surface area is 101 Å². The van der Waals surface area contributed by atoms with Crippen LogP contribution in [0.15, 0.2) is 24.3 Å². The molecular formula is C13H18N2O2. The average Bonchev–Trinajstić information content (AvgIpc) is 2.63. The molecule has 1 aromatic carbocycles. The minimum atomic E-state index is -0.115. The normalized spacial score (nSPS) is 24.2. The lowest BCUT2D eigenvalue weighted by Gasteiger charge is -2.26. The number of ether oxygens (including phenoxy) is 1. The monoisotopic (exact) mass is 234 g/mol. The summed E-state index contributed by atoms with van der Waals surface area (Å²) < 4.78 is 5.12. The molecule has 2 atom stereocenters. The van der Waals surface area contributed by atoms with Crippen molar-refractivity contribution in [3.05, 3.63) is 29.8 Å². The molecule has 4 heteroatoms. The van der Waals surface area contributed by atoms with Crippen LogP contribution in [0.25, 0.3) is 0 Å². The molecule has 1 aromatic rings. The van der Waals surface area contributed by atoms with Gasteiger partial charge in [-0.15, -0.1) is 0 Å². The van der Waals surface area contributed by atoms with Crippen LogP contribution in [0.3, 0.4) is 0 Å². The van der Waals surface area contributed by atoms with E-state index in [1.54, 1.807) is 7.11 Å². The SMILES string of the molecule is CCN1C(=O)CC(N)C1c1ccc(OC)cc1. The predicted octanol–water partition coefficient (Wildman–Crippen LogP) is 1.32. The van der Waals surface area contributed by atoms with Crippen molar-refractivity contribution in [2.75, 3.05) is 13.7 Å². The topological polar surface area (TPSA) is 55.6 Å². The van der Waals surface area contributed by atoms with E-state index in [9.17, 15) is 4.79 Å². The average molecular weight is 234 g/mol. The van der Waals surface area contributed by atoms with Crippen molar-refractivity contribution in [1.29, 1.82) is 0 Å². The predicted molar refractivity (Wildman–Crippen MR) is 65.7 cm³/mol. The second-order valence-corrected chi connectivity index (χ2v) is 4.27. The number of nitrogens with two attached hydrogens (primary N) is 1. The summed E-state index contributed by atoms with van der Waals surface area (Å²) in [5, 5.41) is 0. The number of hydrogen-bond donors (Lipinski definition) is 1. The molecule has 0 saturated carbocycles. The van der Waals surface area contributed by atoms with Gasteiger partial charge in [0.2, 0.25) is 5.91 Å². The van der Waals surface area contributed by atoms with E-state index >= 15 is 0 Å². The Morgan fingerprint density at radius 1 is 1.41 bits per heavy atom. The molecule has 1 aliphatic rings. The third-order valence-corrected chi connectivity index (χ3v) is 3.27. The lowest BCUT2D eigenvalue weighted by molar-refractivity contribution is -0.128. The van der Waals surface area contributed by atoms with Gasteiger partial charge in [-0.05, 0) is 24.6 Å². The number of benzene rings is 1. The summed E-state index contributed by atoms with van der Waals surface area (Å²) in [6, 6.07) is 7.64. The number of carbonyl (C=O) groups excluding carboxylic acids is 1. The Bertz CT molecular complexity index is 402. The Hall–Kier alpha value is -1.55. The number of rotatable bonds is 3. The molecule has 92 valence electrons. The maximum absolute atomic E-state index is 11.7. The van der Waals surface area contributed by atoms with E-state index in [0.717, 1.165) is 11.3 Å². The molecule has 1 heterocycles. The molecule has 17 heavy (non-hydrogen) atoms. The van der Waals surface area contributed by atoms with E-state index in [0.29, 0.717) is 13.0 Å². The quantitative estimate of drug-likeness (QED) is 0.858. The van der Waals surface area contributed by atoms with Gasteiger partial charge >= 0.3 is 0 Å². The van der Waals surface area contributed by atoms with Crippen molar-refractivity contribution in [2.45, 2.75) is 25.4 Å². The summed E-state index contributed by atoms with van der Waals surface area (Å²) in [6.45, 7) is 2.68. The highest BCUT2D eigenvalue weighted by Crippen LogP contribution is 2.32. The van der Waals surface area contributed by atoms with Gasteiger partial charge in [0.05, 0.1) is 13.2 Å². The summed E-state index contributed by atoms with van der Waals surface area (Å²) in [5.74, 6) is 0.954. The first kappa shape index (κ1) is 11.9. The standard InChI is InChI=1S/C13H18N2O2/c1-3-15-12(16)8-11(14)13(15)9-4-6-10(17-2)7-5-9/h4-7,11,13H,3,8,14H2,1-2H3. The van der Waals surface area contributed by atoms with Crippen molar-refractivity contribution >= 4 is 5.91 Å². The van der Waals surface area contributed by atoms with E-state index < -0.39 is 0 Å². The number of amides is 1. The lowest BCUT2D eigenvalue weighted by Crippen LogP contribution is -2.32. The maximum Gasteiger partial charge on any atom is 0.224 e. The summed E-state index contributed by atoms with van der Waals surface area (Å²) >= 11 is 0. The molecule has 4 nitrogen and oxygen atoms in total. The molecule has 2 rings (SSSR count). The summed E-state index contributed by atoms with van der Waals surface area (Å²) in [4.78, 5) is 13.6. The van der Waals surface area contributed by atoms with Gasteiger partial charge in [-0.2, -0.15) is 0 Å². The van der Waals surface area contributed by atoms with Crippen molar-refractivity contribution in [3.8, 4) is 5.75 Å². The maximum atomic E-state index is 11.7. The lowest BCUT2D eigenvalue weighted by atomic mass is 10.0. The fourth-order valence-corrected chi connectivity index (χ4v) is 2.42. The van der Waals surface area contributed by atoms with Gasteiger partial charge in [0.25, 0.3) is 0 Å². The first-order chi connectivity index (χ1) is 8.17. The van der Waals surface area contributed by atoms with Gasteiger partial charge in [-0.25, -0.2) is 0 Å². The molecule has 2 N–H and O–H groups in total. The van der Waals surface area contributed by atoms with Crippen molar-refractivity contribution in [2.24, 2.45) is 5.73 Å². The fourth-order valence-electron chi connectivity index (χ4n) is 2.42. The molecule has 1 fully saturated rings. The van der Waals surface area contributed by atoms with Crippen LogP contribution >= 0.6 is 0 Å². The molecule has 0 aromatic heterocycles. The summed E-state index contributed by atoms with van der Waals surface area (Å²) in [6.07, 6.45) is 0.435. The van der Waals surface area contributed by atoms with E-state index in [4.69, 9.17) is 10.5 Å². The molecule has 1 saturated heterocycles. The van der Waals surface area contributed by atoms with Crippen LogP contribution in [0.1, 0.15) is 24.9 Å². The smallest absolute Gasteiger partial charge is 0.224 e. The zero-order valence-electron chi connectivity index (χ0n) is 10.2. The van der Waals surface area contributed by atoms with Gasteiger partial charge in [0.15, 0.2) is 0 Å². The highest BCUT2D eigenvalue weighted by atomic mass is 16.5. The highest BCUT2D eigenvalue weighted by Gasteiger charge is 2.37. The van der Waals surface area contributed by atoms with Gasteiger partial charge in [0.1, 0.15) is 5.75 Å². The summed E-state index contributed by atoms with van der Waals surface area (Å²) in [7, 11) is 1.64. The van der Waals surface area contributed by atoms with E-state index in [-0.39, 0.29) is 18.0 Å². The molecule has 1 aliphatic heterocycles.